The van der Waals surface area contributed by atoms with E-state index in [0.29, 0.717) is 6.42 Å². The molecule has 0 N–H and O–H groups in total. The Labute approximate surface area is 111 Å². The first-order chi connectivity index (χ1) is 8.90. The standard InChI is InChI=1S/C13H16F2O3S/c1-9-5-7-10(8-6-9)19(16,17)18-12-4-2-3-11(14)13(12)15/h5-8,11-13H,2-4H2,1H3. The summed E-state index contributed by atoms with van der Waals surface area (Å²) >= 11 is 0. The summed E-state index contributed by atoms with van der Waals surface area (Å²) in [6.07, 6.45) is -4.00. The van der Waals surface area contributed by atoms with Gasteiger partial charge in [-0.05, 0) is 38.3 Å². The van der Waals surface area contributed by atoms with Gasteiger partial charge in [0.25, 0.3) is 10.1 Å². The second-order valence-corrected chi connectivity index (χ2v) is 6.37. The van der Waals surface area contributed by atoms with Crippen LogP contribution in [-0.2, 0) is 14.3 Å². The average Bonchev–Trinajstić information content (AvgIpc) is 2.35. The van der Waals surface area contributed by atoms with E-state index in [1.807, 2.05) is 6.92 Å². The lowest BCUT2D eigenvalue weighted by Gasteiger charge is -2.27. The predicted octanol–water partition coefficient (Wildman–Crippen LogP) is 2.93. The number of hydrogen-bond acceptors (Lipinski definition) is 3. The third kappa shape index (κ3) is 3.30. The Morgan fingerprint density at radius 1 is 1.16 bits per heavy atom. The summed E-state index contributed by atoms with van der Waals surface area (Å²) in [5.41, 5.74) is 0.906. The molecule has 0 saturated heterocycles. The molecule has 0 spiro atoms. The van der Waals surface area contributed by atoms with Gasteiger partial charge in [-0.3, -0.25) is 4.18 Å². The van der Waals surface area contributed by atoms with Gasteiger partial charge in [0.2, 0.25) is 0 Å². The molecule has 6 heteroatoms. The summed E-state index contributed by atoms with van der Waals surface area (Å²) in [5, 5.41) is 0. The lowest BCUT2D eigenvalue weighted by Crippen LogP contribution is -2.38. The zero-order chi connectivity index (χ0) is 14.0. The van der Waals surface area contributed by atoms with Crippen molar-refractivity contribution in [1.82, 2.24) is 0 Å². The Bertz CT molecular complexity index is 527. The number of alkyl halides is 2. The minimum absolute atomic E-state index is 0.0359. The quantitative estimate of drug-likeness (QED) is 0.804. The molecular weight excluding hydrogens is 274 g/mol. The zero-order valence-corrected chi connectivity index (χ0v) is 11.4. The average molecular weight is 290 g/mol. The fraction of sp³-hybridized carbons (Fsp3) is 0.538. The van der Waals surface area contributed by atoms with Crippen LogP contribution in [0.25, 0.3) is 0 Å². The molecule has 0 bridgehead atoms. The van der Waals surface area contributed by atoms with Crippen LogP contribution in [0.2, 0.25) is 0 Å². The van der Waals surface area contributed by atoms with Gasteiger partial charge in [-0.1, -0.05) is 17.7 Å². The van der Waals surface area contributed by atoms with Crippen molar-refractivity contribution in [3.8, 4) is 0 Å². The van der Waals surface area contributed by atoms with Gasteiger partial charge >= 0.3 is 0 Å². The molecule has 1 aliphatic carbocycles. The molecule has 3 unspecified atom stereocenters. The molecule has 1 aliphatic rings. The summed E-state index contributed by atoms with van der Waals surface area (Å²) < 4.78 is 55.5. The summed E-state index contributed by atoms with van der Waals surface area (Å²) in [6.45, 7) is 1.82. The Morgan fingerprint density at radius 2 is 1.79 bits per heavy atom. The van der Waals surface area contributed by atoms with E-state index in [9.17, 15) is 17.2 Å². The van der Waals surface area contributed by atoms with Crippen molar-refractivity contribution < 1.29 is 21.4 Å². The minimum Gasteiger partial charge on any atom is -0.260 e. The van der Waals surface area contributed by atoms with Crippen molar-refractivity contribution in [2.24, 2.45) is 0 Å². The van der Waals surface area contributed by atoms with E-state index >= 15 is 0 Å². The van der Waals surface area contributed by atoms with E-state index in [-0.39, 0.29) is 17.7 Å². The summed E-state index contributed by atoms with van der Waals surface area (Å²) in [7, 11) is -4.04. The van der Waals surface area contributed by atoms with E-state index in [2.05, 4.69) is 0 Å². The molecule has 1 saturated carbocycles. The molecule has 0 amide bonds. The largest absolute Gasteiger partial charge is 0.297 e. The maximum atomic E-state index is 13.6. The van der Waals surface area contributed by atoms with E-state index in [1.54, 1.807) is 12.1 Å². The second-order valence-electron chi connectivity index (χ2n) is 4.79. The van der Waals surface area contributed by atoms with Crippen molar-refractivity contribution in [3.05, 3.63) is 29.8 Å². The zero-order valence-electron chi connectivity index (χ0n) is 10.6. The maximum Gasteiger partial charge on any atom is 0.297 e. The Kier molecular flexibility index (Phi) is 4.20. The lowest BCUT2D eigenvalue weighted by atomic mass is 9.94. The van der Waals surface area contributed by atoms with Crippen LogP contribution >= 0.6 is 0 Å². The third-order valence-corrected chi connectivity index (χ3v) is 4.58. The lowest BCUT2D eigenvalue weighted by molar-refractivity contribution is 0.0122. The number of hydrogen-bond donors (Lipinski definition) is 0. The van der Waals surface area contributed by atoms with Crippen LogP contribution in [0.4, 0.5) is 8.78 Å². The highest BCUT2D eigenvalue weighted by atomic mass is 32.2. The van der Waals surface area contributed by atoms with E-state index < -0.39 is 28.6 Å². The maximum absolute atomic E-state index is 13.6. The first kappa shape index (κ1) is 14.4. The molecular formula is C13H16F2O3S. The van der Waals surface area contributed by atoms with Gasteiger partial charge in [-0.25, -0.2) is 8.78 Å². The highest BCUT2D eigenvalue weighted by molar-refractivity contribution is 7.86. The van der Waals surface area contributed by atoms with Gasteiger partial charge in [0.1, 0.15) is 12.3 Å². The first-order valence-electron chi connectivity index (χ1n) is 6.18. The van der Waals surface area contributed by atoms with Crippen molar-refractivity contribution in [3.63, 3.8) is 0 Å². The van der Waals surface area contributed by atoms with Gasteiger partial charge in [0, 0.05) is 0 Å². The van der Waals surface area contributed by atoms with Gasteiger partial charge in [-0.15, -0.1) is 0 Å². The first-order valence-corrected chi connectivity index (χ1v) is 7.59. The van der Waals surface area contributed by atoms with Crippen molar-refractivity contribution >= 4 is 10.1 Å². The smallest absolute Gasteiger partial charge is 0.260 e. The molecule has 106 valence electrons. The predicted molar refractivity (Wildman–Crippen MR) is 66.9 cm³/mol. The van der Waals surface area contributed by atoms with E-state index in [0.717, 1.165) is 5.56 Å². The molecule has 0 radical (unpaired) electrons. The van der Waals surface area contributed by atoms with Crippen LogP contribution in [0.15, 0.2) is 29.2 Å². The molecule has 3 atom stereocenters. The Morgan fingerprint density at radius 3 is 2.42 bits per heavy atom. The van der Waals surface area contributed by atoms with Gasteiger partial charge in [0.15, 0.2) is 6.17 Å². The molecule has 19 heavy (non-hydrogen) atoms. The molecule has 0 aromatic heterocycles. The van der Waals surface area contributed by atoms with Gasteiger partial charge in [0.05, 0.1) is 4.90 Å². The summed E-state index contributed by atoms with van der Waals surface area (Å²) in [5.74, 6) is 0. The topological polar surface area (TPSA) is 43.4 Å². The molecule has 0 aliphatic heterocycles. The second kappa shape index (κ2) is 5.54. The summed E-state index contributed by atoms with van der Waals surface area (Å²) in [4.78, 5) is -0.0359. The summed E-state index contributed by atoms with van der Waals surface area (Å²) in [6, 6.07) is 6.05. The monoisotopic (exact) mass is 290 g/mol. The normalized spacial score (nSPS) is 28.3. The Hall–Kier alpha value is -1.01. The SMILES string of the molecule is Cc1ccc(S(=O)(=O)OC2CCCC(F)C2F)cc1. The van der Waals surface area contributed by atoms with Gasteiger partial charge < -0.3 is 0 Å². The molecule has 1 aromatic carbocycles. The van der Waals surface area contributed by atoms with E-state index in [4.69, 9.17) is 4.18 Å². The number of halogens is 2. The number of benzene rings is 1. The van der Waals surface area contributed by atoms with Crippen LogP contribution in [0, 0.1) is 6.92 Å². The molecule has 3 nitrogen and oxygen atoms in total. The molecule has 1 fully saturated rings. The minimum atomic E-state index is -4.04. The number of aryl methyl sites for hydroxylation is 1. The fourth-order valence-corrected chi connectivity index (χ4v) is 3.20. The van der Waals surface area contributed by atoms with Crippen molar-refractivity contribution in [2.75, 3.05) is 0 Å². The molecule has 0 heterocycles. The van der Waals surface area contributed by atoms with Crippen LogP contribution in [0.5, 0.6) is 0 Å². The number of rotatable bonds is 3. The van der Waals surface area contributed by atoms with Gasteiger partial charge in [-0.2, -0.15) is 8.42 Å². The van der Waals surface area contributed by atoms with E-state index in [1.165, 1.54) is 12.1 Å². The van der Waals surface area contributed by atoms with Crippen molar-refractivity contribution in [2.45, 2.75) is 49.5 Å². The highest BCUT2D eigenvalue weighted by Crippen LogP contribution is 2.29. The highest BCUT2D eigenvalue weighted by Gasteiger charge is 2.37. The third-order valence-electron chi connectivity index (χ3n) is 3.23. The molecule has 2 rings (SSSR count). The van der Waals surface area contributed by atoms with Crippen LogP contribution in [-0.4, -0.2) is 26.9 Å². The molecule has 1 aromatic rings. The van der Waals surface area contributed by atoms with Crippen LogP contribution in [0.1, 0.15) is 24.8 Å². The Balaban J connectivity index is 2.15. The van der Waals surface area contributed by atoms with Crippen LogP contribution < -0.4 is 0 Å². The fourth-order valence-electron chi connectivity index (χ4n) is 2.09. The van der Waals surface area contributed by atoms with Crippen LogP contribution in [0.3, 0.4) is 0 Å². The van der Waals surface area contributed by atoms with Crippen molar-refractivity contribution in [1.29, 1.82) is 0 Å².